The van der Waals surface area contributed by atoms with Crippen molar-refractivity contribution in [2.45, 2.75) is 25.7 Å². The van der Waals surface area contributed by atoms with Gasteiger partial charge in [0.2, 0.25) is 0 Å². The molecule has 1 aliphatic rings. The monoisotopic (exact) mass is 317 g/mol. The molecule has 2 aromatic rings. The zero-order valence-electron chi connectivity index (χ0n) is 11.8. The minimum Gasteiger partial charge on any atom is -0.508 e. The Bertz CT molecular complexity index is 751. The fourth-order valence-electron chi connectivity index (χ4n) is 2.69. The van der Waals surface area contributed by atoms with Crippen LogP contribution in [0.15, 0.2) is 23.6 Å². The first kappa shape index (κ1) is 14.6. The van der Waals surface area contributed by atoms with Crippen molar-refractivity contribution < 1.29 is 19.8 Å². The van der Waals surface area contributed by atoms with Crippen LogP contribution >= 0.6 is 11.3 Å². The summed E-state index contributed by atoms with van der Waals surface area (Å²) in [4.78, 5) is 24.9. The fourth-order valence-corrected chi connectivity index (χ4v) is 3.82. The van der Waals surface area contributed by atoms with Crippen molar-refractivity contribution in [3.63, 3.8) is 0 Å². The summed E-state index contributed by atoms with van der Waals surface area (Å²) < 4.78 is 0. The van der Waals surface area contributed by atoms with Gasteiger partial charge in [0.25, 0.3) is 5.91 Å². The summed E-state index contributed by atoms with van der Waals surface area (Å²) >= 11 is 1.59. The van der Waals surface area contributed by atoms with Crippen LogP contribution in [0.2, 0.25) is 0 Å². The Hall–Kier alpha value is -2.34. The Kier molecular flexibility index (Phi) is 3.85. The maximum Gasteiger partial charge on any atom is 0.337 e. The Balaban J connectivity index is 1.89. The molecule has 0 radical (unpaired) electrons. The predicted molar refractivity (Wildman–Crippen MR) is 84.0 cm³/mol. The number of aryl methyl sites for hydroxylation is 1. The maximum atomic E-state index is 12.4. The van der Waals surface area contributed by atoms with Crippen molar-refractivity contribution in [1.82, 2.24) is 0 Å². The van der Waals surface area contributed by atoms with Crippen LogP contribution in [0.25, 0.3) is 0 Å². The number of carbonyl (C=O) groups is 2. The molecule has 1 aliphatic carbocycles. The first-order chi connectivity index (χ1) is 10.6. The number of benzene rings is 1. The lowest BCUT2D eigenvalue weighted by Crippen LogP contribution is -2.16. The molecule has 0 bridgehead atoms. The summed E-state index contributed by atoms with van der Waals surface area (Å²) in [6, 6.07) is 3.88. The lowest BCUT2D eigenvalue weighted by atomic mass is 9.95. The lowest BCUT2D eigenvalue weighted by molar-refractivity contribution is 0.0697. The molecular formula is C16H15NO4S. The number of phenolic OH excluding ortho intramolecular Hbond substituents is 1. The van der Waals surface area contributed by atoms with Crippen molar-refractivity contribution in [2.75, 3.05) is 5.32 Å². The summed E-state index contributed by atoms with van der Waals surface area (Å²) in [7, 11) is 0. The van der Waals surface area contributed by atoms with Crippen LogP contribution in [-0.4, -0.2) is 22.1 Å². The third kappa shape index (κ3) is 2.69. The summed E-state index contributed by atoms with van der Waals surface area (Å²) in [5.41, 5.74) is 1.78. The van der Waals surface area contributed by atoms with Crippen LogP contribution in [0.3, 0.4) is 0 Å². The Morgan fingerprint density at radius 3 is 2.68 bits per heavy atom. The van der Waals surface area contributed by atoms with Gasteiger partial charge >= 0.3 is 5.97 Å². The number of aromatic carboxylic acids is 1. The van der Waals surface area contributed by atoms with E-state index in [9.17, 15) is 14.7 Å². The fraction of sp³-hybridized carbons (Fsp3) is 0.250. The Labute approximate surface area is 131 Å². The number of nitrogens with one attached hydrogen (secondary N) is 1. The molecular weight excluding hydrogens is 302 g/mol. The second-order valence-electron chi connectivity index (χ2n) is 5.25. The van der Waals surface area contributed by atoms with Gasteiger partial charge in [0, 0.05) is 10.3 Å². The standard InChI is InChI=1S/C16H15NO4S/c18-9-5-6-13(11(7-9)16(20)21)17-15(19)12-8-22-14-4-2-1-3-10(12)14/h5-8,18H,1-4H2,(H,17,19)(H,20,21). The van der Waals surface area contributed by atoms with E-state index in [1.165, 1.54) is 17.0 Å². The van der Waals surface area contributed by atoms with Gasteiger partial charge < -0.3 is 15.5 Å². The summed E-state index contributed by atoms with van der Waals surface area (Å²) in [6.07, 6.45) is 4.12. The maximum absolute atomic E-state index is 12.4. The number of phenols is 1. The van der Waals surface area contributed by atoms with Crippen molar-refractivity contribution in [3.8, 4) is 5.75 Å². The van der Waals surface area contributed by atoms with E-state index in [0.29, 0.717) is 5.56 Å². The number of rotatable bonds is 3. The molecule has 1 heterocycles. The van der Waals surface area contributed by atoms with Crippen LogP contribution in [0.1, 0.15) is 44.0 Å². The van der Waals surface area contributed by atoms with Crippen molar-refractivity contribution in [3.05, 3.63) is 45.1 Å². The van der Waals surface area contributed by atoms with Crippen LogP contribution in [-0.2, 0) is 12.8 Å². The minimum absolute atomic E-state index is 0.127. The van der Waals surface area contributed by atoms with Gasteiger partial charge in [-0.05, 0) is 49.4 Å². The molecule has 6 heteroatoms. The molecule has 1 aromatic carbocycles. The van der Waals surface area contributed by atoms with Crippen molar-refractivity contribution in [2.24, 2.45) is 0 Å². The molecule has 0 saturated heterocycles. The SMILES string of the molecule is O=C(O)c1cc(O)ccc1NC(=O)c1csc2c1CCCC2. The van der Waals surface area contributed by atoms with E-state index < -0.39 is 5.97 Å². The predicted octanol–water partition coefficient (Wildman–Crippen LogP) is 3.28. The highest BCUT2D eigenvalue weighted by molar-refractivity contribution is 7.10. The van der Waals surface area contributed by atoms with E-state index in [2.05, 4.69) is 5.32 Å². The zero-order valence-corrected chi connectivity index (χ0v) is 12.6. The quantitative estimate of drug-likeness (QED) is 0.758. The molecule has 1 amide bonds. The number of aromatic hydroxyl groups is 1. The third-order valence-electron chi connectivity index (χ3n) is 3.79. The molecule has 0 unspecified atom stereocenters. The number of hydrogen-bond donors (Lipinski definition) is 3. The summed E-state index contributed by atoms with van der Waals surface area (Å²) in [5.74, 6) is -1.64. The number of amides is 1. The van der Waals surface area contributed by atoms with Gasteiger partial charge in [0.15, 0.2) is 0 Å². The molecule has 0 spiro atoms. The van der Waals surface area contributed by atoms with E-state index in [0.717, 1.165) is 37.3 Å². The Morgan fingerprint density at radius 1 is 1.14 bits per heavy atom. The highest BCUT2D eigenvalue weighted by Crippen LogP contribution is 2.31. The molecule has 3 N–H and O–H groups in total. The zero-order chi connectivity index (χ0) is 15.7. The smallest absolute Gasteiger partial charge is 0.337 e. The van der Waals surface area contributed by atoms with Crippen molar-refractivity contribution in [1.29, 1.82) is 0 Å². The van der Waals surface area contributed by atoms with Gasteiger partial charge in [0.05, 0.1) is 16.8 Å². The molecule has 3 rings (SSSR count). The molecule has 0 fully saturated rings. The average molecular weight is 317 g/mol. The molecule has 0 saturated carbocycles. The van der Waals surface area contributed by atoms with Gasteiger partial charge in [-0.3, -0.25) is 4.79 Å². The number of thiophene rings is 1. The minimum atomic E-state index is -1.20. The van der Waals surface area contributed by atoms with Gasteiger partial charge in [-0.25, -0.2) is 4.79 Å². The lowest BCUT2D eigenvalue weighted by Gasteiger charge is -2.13. The number of fused-ring (bicyclic) bond motifs is 1. The first-order valence-corrected chi connectivity index (χ1v) is 7.91. The van der Waals surface area contributed by atoms with Crippen LogP contribution < -0.4 is 5.32 Å². The molecule has 0 atom stereocenters. The number of carboxylic acid groups (broad SMARTS) is 1. The van der Waals surface area contributed by atoms with E-state index in [1.54, 1.807) is 11.3 Å². The van der Waals surface area contributed by atoms with Gasteiger partial charge in [0.1, 0.15) is 5.75 Å². The topological polar surface area (TPSA) is 86.6 Å². The molecule has 114 valence electrons. The third-order valence-corrected chi connectivity index (χ3v) is 4.88. The number of anilines is 1. The summed E-state index contributed by atoms with van der Waals surface area (Å²) in [5, 5.41) is 23.0. The van der Waals surface area contributed by atoms with E-state index in [1.807, 2.05) is 5.38 Å². The molecule has 0 aliphatic heterocycles. The van der Waals surface area contributed by atoms with Crippen LogP contribution in [0.4, 0.5) is 5.69 Å². The van der Waals surface area contributed by atoms with Gasteiger partial charge in [-0.1, -0.05) is 0 Å². The van der Waals surface area contributed by atoms with Crippen molar-refractivity contribution >= 4 is 28.9 Å². The number of carbonyl (C=O) groups excluding carboxylic acids is 1. The highest BCUT2D eigenvalue weighted by Gasteiger charge is 2.21. The van der Waals surface area contributed by atoms with Crippen LogP contribution in [0, 0.1) is 0 Å². The molecule has 5 nitrogen and oxygen atoms in total. The number of carboxylic acids is 1. The number of hydrogen-bond acceptors (Lipinski definition) is 4. The van der Waals surface area contributed by atoms with Crippen LogP contribution in [0.5, 0.6) is 5.75 Å². The van der Waals surface area contributed by atoms with E-state index in [4.69, 9.17) is 5.11 Å². The second-order valence-corrected chi connectivity index (χ2v) is 6.21. The highest BCUT2D eigenvalue weighted by atomic mass is 32.1. The van der Waals surface area contributed by atoms with E-state index >= 15 is 0 Å². The Morgan fingerprint density at radius 2 is 1.91 bits per heavy atom. The van der Waals surface area contributed by atoms with E-state index in [-0.39, 0.29) is 22.9 Å². The first-order valence-electron chi connectivity index (χ1n) is 7.03. The van der Waals surface area contributed by atoms with Gasteiger partial charge in [-0.15, -0.1) is 11.3 Å². The normalized spacial score (nSPS) is 13.5. The second kappa shape index (κ2) is 5.81. The largest absolute Gasteiger partial charge is 0.508 e. The average Bonchev–Trinajstić information content (AvgIpc) is 2.93. The molecule has 1 aromatic heterocycles. The summed E-state index contributed by atoms with van der Waals surface area (Å²) in [6.45, 7) is 0. The van der Waals surface area contributed by atoms with Gasteiger partial charge in [-0.2, -0.15) is 0 Å². The molecule has 22 heavy (non-hydrogen) atoms.